The van der Waals surface area contributed by atoms with E-state index in [1.165, 1.54) is 6.42 Å². The van der Waals surface area contributed by atoms with Gasteiger partial charge in [0.1, 0.15) is 5.38 Å². The number of alkyl halides is 1. The SMILES string of the molecule is CCCCC(Cl)[C+]1N=CC=N1. The lowest BCUT2D eigenvalue weighted by molar-refractivity contribution is 0.673. The summed E-state index contributed by atoms with van der Waals surface area (Å²) in [5.74, 6) is 0. The fraction of sp³-hybridized carbons (Fsp3) is 0.625. The highest BCUT2D eigenvalue weighted by molar-refractivity contribution is 6.24. The predicted octanol–water partition coefficient (Wildman–Crippen LogP) is 2.43. The molecule has 1 heterocycles. The van der Waals surface area contributed by atoms with Crippen molar-refractivity contribution in [2.24, 2.45) is 9.98 Å². The maximum Gasteiger partial charge on any atom is 0.258 e. The van der Waals surface area contributed by atoms with E-state index < -0.39 is 0 Å². The van der Waals surface area contributed by atoms with Gasteiger partial charge in [-0.3, -0.25) is 0 Å². The molecule has 0 fully saturated rings. The molecule has 2 nitrogen and oxygen atoms in total. The van der Waals surface area contributed by atoms with Gasteiger partial charge in [0.2, 0.25) is 0 Å². The molecule has 0 aromatic carbocycles. The number of aliphatic imine (C=N–C) groups is 2. The van der Waals surface area contributed by atoms with Gasteiger partial charge >= 0.3 is 0 Å². The molecule has 1 aliphatic rings. The molecule has 1 rings (SSSR count). The molecule has 1 unspecified atom stereocenters. The third-order valence-electron chi connectivity index (χ3n) is 1.57. The van der Waals surface area contributed by atoms with Crippen molar-refractivity contribution in [3.05, 3.63) is 6.17 Å². The van der Waals surface area contributed by atoms with Crippen molar-refractivity contribution < 1.29 is 0 Å². The van der Waals surface area contributed by atoms with E-state index in [2.05, 4.69) is 16.9 Å². The Morgan fingerprint density at radius 2 is 2.09 bits per heavy atom. The first-order valence-electron chi connectivity index (χ1n) is 3.92. The zero-order valence-corrected chi connectivity index (χ0v) is 7.38. The molecule has 0 aromatic heterocycles. The summed E-state index contributed by atoms with van der Waals surface area (Å²) in [6.07, 6.45) is 7.40. The molecule has 1 aliphatic heterocycles. The smallest absolute Gasteiger partial charge is 0.0986 e. The van der Waals surface area contributed by atoms with Crippen LogP contribution in [0, 0.1) is 6.17 Å². The Kier molecular flexibility index (Phi) is 3.43. The first kappa shape index (κ1) is 8.60. The van der Waals surface area contributed by atoms with Crippen LogP contribution in [0.3, 0.4) is 0 Å². The van der Waals surface area contributed by atoms with Crippen molar-refractivity contribution in [1.82, 2.24) is 0 Å². The monoisotopic (exact) mass is 171 g/mol. The maximum absolute atomic E-state index is 6.00. The van der Waals surface area contributed by atoms with E-state index in [9.17, 15) is 0 Å². The van der Waals surface area contributed by atoms with Crippen LogP contribution < -0.4 is 0 Å². The van der Waals surface area contributed by atoms with E-state index in [-0.39, 0.29) is 5.38 Å². The lowest BCUT2D eigenvalue weighted by Gasteiger charge is -2.03. The molecule has 11 heavy (non-hydrogen) atoms. The van der Waals surface area contributed by atoms with Crippen LogP contribution in [0.15, 0.2) is 9.98 Å². The highest BCUT2D eigenvalue weighted by atomic mass is 35.5. The standard InChI is InChI=1S/C8H12ClN2/c1-2-3-4-7(9)8-10-5-6-11-8/h5-7H,2-4H2,1H3/q+1. The second-order valence-corrected chi connectivity index (χ2v) is 3.05. The summed E-state index contributed by atoms with van der Waals surface area (Å²) in [6, 6.07) is 0. The number of halogens is 1. The van der Waals surface area contributed by atoms with Gasteiger partial charge in [-0.05, 0) is 6.42 Å². The molecule has 0 saturated carbocycles. The molecule has 0 saturated heterocycles. The Morgan fingerprint density at radius 3 is 2.64 bits per heavy atom. The Balaban J connectivity index is 2.24. The Bertz CT molecular complexity index is 153. The summed E-state index contributed by atoms with van der Waals surface area (Å²) in [4.78, 5) is 8.05. The number of hydrogen-bond donors (Lipinski definition) is 0. The van der Waals surface area contributed by atoms with E-state index in [0.717, 1.165) is 19.0 Å². The van der Waals surface area contributed by atoms with Gasteiger partial charge < -0.3 is 0 Å². The average Bonchev–Trinajstić information content (AvgIpc) is 2.52. The first-order valence-corrected chi connectivity index (χ1v) is 4.36. The van der Waals surface area contributed by atoms with Gasteiger partial charge in [-0.2, -0.15) is 0 Å². The van der Waals surface area contributed by atoms with Gasteiger partial charge in [-0.15, -0.1) is 0 Å². The molecule has 0 amide bonds. The number of hydrogen-bond acceptors (Lipinski definition) is 2. The minimum atomic E-state index is 0.00458. The minimum Gasteiger partial charge on any atom is -0.0986 e. The molecule has 0 bridgehead atoms. The first-order chi connectivity index (χ1) is 5.34. The summed E-state index contributed by atoms with van der Waals surface area (Å²) in [6.45, 7) is 2.15. The molecule has 0 aliphatic carbocycles. The zero-order chi connectivity index (χ0) is 8.10. The van der Waals surface area contributed by atoms with Crippen LogP contribution in [-0.2, 0) is 0 Å². The van der Waals surface area contributed by atoms with Crippen molar-refractivity contribution in [2.45, 2.75) is 31.6 Å². The number of nitrogens with zero attached hydrogens (tertiary/aromatic N) is 2. The molecule has 0 radical (unpaired) electrons. The van der Waals surface area contributed by atoms with Gasteiger partial charge in [-0.1, -0.05) is 41.4 Å². The van der Waals surface area contributed by atoms with Crippen molar-refractivity contribution in [3.63, 3.8) is 0 Å². The van der Waals surface area contributed by atoms with E-state index in [0.29, 0.717) is 0 Å². The van der Waals surface area contributed by atoms with Gasteiger partial charge in [0.25, 0.3) is 6.17 Å². The van der Waals surface area contributed by atoms with Gasteiger partial charge in [0, 0.05) is 0 Å². The highest BCUT2D eigenvalue weighted by Crippen LogP contribution is 2.22. The Labute approximate surface area is 72.4 Å². The molecular formula is C8H12ClN2+. The average molecular weight is 172 g/mol. The van der Waals surface area contributed by atoms with E-state index in [1.807, 2.05) is 0 Å². The van der Waals surface area contributed by atoms with Crippen molar-refractivity contribution in [2.75, 3.05) is 0 Å². The highest BCUT2D eigenvalue weighted by Gasteiger charge is 2.25. The van der Waals surface area contributed by atoms with Crippen molar-refractivity contribution >= 4 is 24.0 Å². The Morgan fingerprint density at radius 1 is 1.45 bits per heavy atom. The van der Waals surface area contributed by atoms with Gasteiger partial charge in [0.05, 0.1) is 0 Å². The lowest BCUT2D eigenvalue weighted by atomic mass is 10.2. The number of rotatable bonds is 4. The molecule has 60 valence electrons. The Hall–Kier alpha value is -0.500. The topological polar surface area (TPSA) is 24.7 Å². The van der Waals surface area contributed by atoms with Crippen LogP contribution in [0.1, 0.15) is 26.2 Å². The van der Waals surface area contributed by atoms with Crippen LogP contribution in [0.2, 0.25) is 0 Å². The number of unbranched alkanes of at least 4 members (excludes halogenated alkanes) is 1. The van der Waals surface area contributed by atoms with E-state index >= 15 is 0 Å². The van der Waals surface area contributed by atoms with Crippen LogP contribution in [0.4, 0.5) is 0 Å². The molecule has 0 spiro atoms. The summed E-state index contributed by atoms with van der Waals surface area (Å²) in [5.41, 5.74) is 0. The van der Waals surface area contributed by atoms with E-state index in [4.69, 9.17) is 11.6 Å². The summed E-state index contributed by atoms with van der Waals surface area (Å²) in [5, 5.41) is 0.00458. The molecule has 0 aromatic rings. The quantitative estimate of drug-likeness (QED) is 0.459. The van der Waals surface area contributed by atoms with Crippen LogP contribution in [0.5, 0.6) is 0 Å². The fourth-order valence-corrected chi connectivity index (χ4v) is 1.19. The molecule has 1 atom stereocenters. The normalized spacial score (nSPS) is 17.8. The summed E-state index contributed by atoms with van der Waals surface area (Å²) < 4.78 is 0. The van der Waals surface area contributed by atoms with Crippen molar-refractivity contribution in [3.8, 4) is 0 Å². The maximum atomic E-state index is 6.00. The minimum absolute atomic E-state index is 0.00458. The molecule has 3 heteroatoms. The van der Waals surface area contributed by atoms with Gasteiger partial charge in [-0.25, -0.2) is 0 Å². The second kappa shape index (κ2) is 4.39. The molecule has 0 N–H and O–H groups in total. The third kappa shape index (κ3) is 2.54. The molecular weight excluding hydrogens is 160 g/mol. The summed E-state index contributed by atoms with van der Waals surface area (Å²) >= 11 is 6.00. The summed E-state index contributed by atoms with van der Waals surface area (Å²) in [7, 11) is 0. The third-order valence-corrected chi connectivity index (χ3v) is 1.98. The second-order valence-electron chi connectivity index (χ2n) is 2.52. The van der Waals surface area contributed by atoms with Crippen LogP contribution in [-0.4, -0.2) is 17.8 Å². The fourth-order valence-electron chi connectivity index (χ4n) is 0.927. The van der Waals surface area contributed by atoms with Gasteiger partial charge in [0.15, 0.2) is 12.4 Å². The predicted molar refractivity (Wildman–Crippen MR) is 49.4 cm³/mol. The van der Waals surface area contributed by atoms with Crippen LogP contribution in [0.25, 0.3) is 0 Å². The van der Waals surface area contributed by atoms with E-state index in [1.54, 1.807) is 12.4 Å². The van der Waals surface area contributed by atoms with Crippen LogP contribution >= 0.6 is 11.6 Å². The lowest BCUT2D eigenvalue weighted by Crippen LogP contribution is -2.06. The largest absolute Gasteiger partial charge is 0.258 e. The van der Waals surface area contributed by atoms with Crippen molar-refractivity contribution in [1.29, 1.82) is 0 Å². The zero-order valence-electron chi connectivity index (χ0n) is 6.63.